The topological polar surface area (TPSA) is 73.7 Å². The predicted octanol–water partition coefficient (Wildman–Crippen LogP) is 1.04. The van der Waals surface area contributed by atoms with Gasteiger partial charge >= 0.3 is 0 Å². The Morgan fingerprint density at radius 1 is 1.25 bits per heavy atom. The van der Waals surface area contributed by atoms with Crippen LogP contribution in [0.5, 0.6) is 0 Å². The number of piperazine rings is 1. The summed E-state index contributed by atoms with van der Waals surface area (Å²) in [4.78, 5) is 12.4. The van der Waals surface area contributed by atoms with Crippen molar-refractivity contribution in [3.05, 3.63) is 34.4 Å². The van der Waals surface area contributed by atoms with Gasteiger partial charge < -0.3 is 10.2 Å². The molecule has 2 N–H and O–H groups in total. The maximum Gasteiger partial charge on any atom is 0.269 e. The van der Waals surface area contributed by atoms with E-state index in [4.69, 9.17) is 12.2 Å². The molecule has 0 unspecified atom stereocenters. The van der Waals surface area contributed by atoms with Gasteiger partial charge in [0.05, 0.1) is 4.92 Å². The van der Waals surface area contributed by atoms with Gasteiger partial charge in [0.2, 0.25) is 0 Å². The lowest BCUT2D eigenvalue weighted by atomic mass is 10.3. The first-order chi connectivity index (χ1) is 9.54. The summed E-state index contributed by atoms with van der Waals surface area (Å²) in [6.45, 7) is 3.79. The van der Waals surface area contributed by atoms with Gasteiger partial charge in [0.15, 0.2) is 5.11 Å². The summed E-state index contributed by atoms with van der Waals surface area (Å²) in [5.74, 6) is 0. The standard InChI is InChI=1S/C12H17N5O2S/c1-15-6-8-16(9-7-15)14-12(20)13-10-2-4-11(5-3-10)17(18)19/h2-5H,6-9H2,1H3,(H2,13,14,20). The molecular weight excluding hydrogens is 278 g/mol. The number of non-ortho nitro benzene ring substituents is 1. The first-order valence-electron chi connectivity index (χ1n) is 6.30. The third-order valence-electron chi connectivity index (χ3n) is 3.10. The summed E-state index contributed by atoms with van der Waals surface area (Å²) in [6, 6.07) is 6.16. The molecule has 0 radical (unpaired) electrons. The Balaban J connectivity index is 1.83. The van der Waals surface area contributed by atoms with Crippen molar-refractivity contribution in [3.63, 3.8) is 0 Å². The zero-order valence-electron chi connectivity index (χ0n) is 11.2. The van der Waals surface area contributed by atoms with Gasteiger partial charge in [-0.1, -0.05) is 0 Å². The van der Waals surface area contributed by atoms with Gasteiger partial charge in [-0.2, -0.15) is 0 Å². The van der Waals surface area contributed by atoms with Crippen molar-refractivity contribution in [1.82, 2.24) is 15.3 Å². The quantitative estimate of drug-likeness (QED) is 0.490. The van der Waals surface area contributed by atoms with Crippen LogP contribution in [0.4, 0.5) is 11.4 Å². The Hall–Kier alpha value is -1.77. The van der Waals surface area contributed by atoms with Crippen LogP contribution in [0.1, 0.15) is 0 Å². The fourth-order valence-corrected chi connectivity index (χ4v) is 2.13. The summed E-state index contributed by atoms with van der Waals surface area (Å²) in [7, 11) is 2.09. The SMILES string of the molecule is CN1CCN(NC(=S)Nc2ccc([N+](=O)[O-])cc2)CC1. The van der Waals surface area contributed by atoms with Crippen molar-refractivity contribution < 1.29 is 4.92 Å². The summed E-state index contributed by atoms with van der Waals surface area (Å²) >= 11 is 5.22. The van der Waals surface area contributed by atoms with E-state index in [0.717, 1.165) is 31.9 Å². The third-order valence-corrected chi connectivity index (χ3v) is 3.29. The van der Waals surface area contributed by atoms with Crippen molar-refractivity contribution >= 4 is 28.7 Å². The highest BCUT2D eigenvalue weighted by atomic mass is 32.1. The van der Waals surface area contributed by atoms with Crippen LogP contribution < -0.4 is 10.7 Å². The van der Waals surface area contributed by atoms with Crippen LogP contribution in [-0.4, -0.2) is 53.2 Å². The normalized spacial score (nSPS) is 16.6. The van der Waals surface area contributed by atoms with Gasteiger partial charge in [0, 0.05) is 44.0 Å². The second-order valence-corrected chi connectivity index (χ2v) is 5.07. The number of nitrogens with one attached hydrogen (secondary N) is 2. The van der Waals surface area contributed by atoms with Crippen LogP contribution >= 0.6 is 12.2 Å². The van der Waals surface area contributed by atoms with Gasteiger partial charge in [-0.05, 0) is 31.4 Å². The summed E-state index contributed by atoms with van der Waals surface area (Å²) < 4.78 is 0. The molecule has 0 saturated carbocycles. The van der Waals surface area contributed by atoms with Crippen LogP contribution in [0.15, 0.2) is 24.3 Å². The molecule has 2 rings (SSSR count). The maximum atomic E-state index is 10.6. The molecule has 0 amide bonds. The highest BCUT2D eigenvalue weighted by molar-refractivity contribution is 7.80. The van der Waals surface area contributed by atoms with E-state index in [1.165, 1.54) is 12.1 Å². The molecule has 0 aromatic heterocycles. The molecule has 1 aromatic rings. The number of benzene rings is 1. The zero-order chi connectivity index (χ0) is 14.5. The molecule has 0 aliphatic carbocycles. The van der Waals surface area contributed by atoms with E-state index < -0.39 is 4.92 Å². The Bertz CT molecular complexity index is 485. The van der Waals surface area contributed by atoms with Crippen LogP contribution in [-0.2, 0) is 0 Å². The van der Waals surface area contributed by atoms with E-state index in [9.17, 15) is 10.1 Å². The number of thiocarbonyl (C=S) groups is 1. The maximum absolute atomic E-state index is 10.6. The molecule has 7 nitrogen and oxygen atoms in total. The van der Waals surface area contributed by atoms with Gasteiger partial charge in [0.1, 0.15) is 0 Å². The molecule has 0 bridgehead atoms. The third kappa shape index (κ3) is 4.12. The Morgan fingerprint density at radius 3 is 2.40 bits per heavy atom. The molecule has 1 fully saturated rings. The number of rotatable bonds is 3. The summed E-state index contributed by atoms with van der Waals surface area (Å²) in [6.07, 6.45) is 0. The summed E-state index contributed by atoms with van der Waals surface area (Å²) in [5, 5.41) is 16.1. The molecular formula is C12H17N5O2S. The minimum atomic E-state index is -0.426. The molecule has 108 valence electrons. The highest BCUT2D eigenvalue weighted by Gasteiger charge is 2.14. The first kappa shape index (κ1) is 14.6. The van der Waals surface area contributed by atoms with Gasteiger partial charge in [-0.15, -0.1) is 0 Å². The number of nitro benzene ring substituents is 1. The van der Waals surface area contributed by atoms with E-state index in [1.807, 2.05) is 0 Å². The minimum absolute atomic E-state index is 0.0634. The fourth-order valence-electron chi connectivity index (χ4n) is 1.89. The van der Waals surface area contributed by atoms with E-state index >= 15 is 0 Å². The monoisotopic (exact) mass is 295 g/mol. The number of hydrogen-bond acceptors (Lipinski definition) is 5. The second-order valence-electron chi connectivity index (χ2n) is 4.66. The second kappa shape index (κ2) is 6.60. The van der Waals surface area contributed by atoms with Crippen LogP contribution in [0.25, 0.3) is 0 Å². The molecule has 1 aliphatic rings. The number of hydrazine groups is 1. The highest BCUT2D eigenvalue weighted by Crippen LogP contribution is 2.15. The molecule has 1 aromatic carbocycles. The molecule has 8 heteroatoms. The Labute approximate surface area is 122 Å². The largest absolute Gasteiger partial charge is 0.332 e. The van der Waals surface area contributed by atoms with Gasteiger partial charge in [-0.3, -0.25) is 15.5 Å². The van der Waals surface area contributed by atoms with Gasteiger partial charge in [-0.25, -0.2) is 5.01 Å². The van der Waals surface area contributed by atoms with Crippen molar-refractivity contribution in [3.8, 4) is 0 Å². The van der Waals surface area contributed by atoms with Crippen molar-refractivity contribution in [2.45, 2.75) is 0 Å². The number of likely N-dealkylation sites (N-methyl/N-ethyl adjacent to an activating group) is 1. The number of nitrogens with zero attached hydrogens (tertiary/aromatic N) is 3. The molecule has 1 saturated heterocycles. The Morgan fingerprint density at radius 2 is 1.85 bits per heavy atom. The van der Waals surface area contributed by atoms with Crippen LogP contribution in [0.2, 0.25) is 0 Å². The number of anilines is 1. The first-order valence-corrected chi connectivity index (χ1v) is 6.71. The number of hydrogen-bond donors (Lipinski definition) is 2. The van der Waals surface area contributed by atoms with E-state index in [-0.39, 0.29) is 5.69 Å². The van der Waals surface area contributed by atoms with Crippen LogP contribution in [0.3, 0.4) is 0 Å². The van der Waals surface area contributed by atoms with E-state index in [1.54, 1.807) is 12.1 Å². The van der Waals surface area contributed by atoms with Crippen molar-refractivity contribution in [2.24, 2.45) is 0 Å². The Kier molecular flexibility index (Phi) is 4.83. The summed E-state index contributed by atoms with van der Waals surface area (Å²) in [5.41, 5.74) is 3.91. The molecule has 1 heterocycles. The fraction of sp³-hybridized carbons (Fsp3) is 0.417. The molecule has 0 atom stereocenters. The van der Waals surface area contributed by atoms with Gasteiger partial charge in [0.25, 0.3) is 5.69 Å². The van der Waals surface area contributed by atoms with Crippen molar-refractivity contribution in [2.75, 3.05) is 38.5 Å². The smallest absolute Gasteiger partial charge is 0.269 e. The average Bonchev–Trinajstić information content (AvgIpc) is 2.42. The molecule has 1 aliphatic heterocycles. The lowest BCUT2D eigenvalue weighted by Crippen LogP contribution is -2.53. The molecule has 20 heavy (non-hydrogen) atoms. The van der Waals surface area contributed by atoms with Crippen LogP contribution in [0, 0.1) is 10.1 Å². The van der Waals surface area contributed by atoms with E-state index in [2.05, 4.69) is 27.7 Å². The lowest BCUT2D eigenvalue weighted by molar-refractivity contribution is -0.384. The molecule has 0 spiro atoms. The predicted molar refractivity (Wildman–Crippen MR) is 81.5 cm³/mol. The van der Waals surface area contributed by atoms with E-state index in [0.29, 0.717) is 5.11 Å². The average molecular weight is 295 g/mol. The lowest BCUT2D eigenvalue weighted by Gasteiger charge is -2.33. The number of nitro groups is 1. The minimum Gasteiger partial charge on any atom is -0.332 e. The van der Waals surface area contributed by atoms with Crippen molar-refractivity contribution in [1.29, 1.82) is 0 Å². The zero-order valence-corrected chi connectivity index (χ0v) is 12.0.